The number of rotatable bonds is 2. The number of pyridine rings is 1. The lowest BCUT2D eigenvalue weighted by molar-refractivity contribution is -0.384. The molecule has 7 nitrogen and oxygen atoms in total. The highest BCUT2D eigenvalue weighted by molar-refractivity contribution is 5.79. The first-order valence-corrected chi connectivity index (χ1v) is 5.89. The number of aromatic nitrogens is 3. The average Bonchev–Trinajstić information content (AvgIpc) is 2.77. The van der Waals surface area contributed by atoms with Crippen molar-refractivity contribution < 1.29 is 4.92 Å². The van der Waals surface area contributed by atoms with E-state index in [9.17, 15) is 14.9 Å². The molecular formula is C13H10N4O3. The largest absolute Gasteiger partial charge is 0.325 e. The van der Waals surface area contributed by atoms with Gasteiger partial charge in [0.15, 0.2) is 5.65 Å². The molecule has 20 heavy (non-hydrogen) atoms. The smallest absolute Gasteiger partial charge is 0.304 e. The molecule has 2 aromatic heterocycles. The summed E-state index contributed by atoms with van der Waals surface area (Å²) in [5.74, 6) is 0. The summed E-state index contributed by atoms with van der Waals surface area (Å²) in [7, 11) is 0. The van der Waals surface area contributed by atoms with Gasteiger partial charge in [-0.05, 0) is 30.7 Å². The normalized spacial score (nSPS) is 10.8. The highest BCUT2D eigenvalue weighted by Crippen LogP contribution is 2.26. The lowest BCUT2D eigenvalue weighted by Gasteiger charge is -2.05. The van der Waals surface area contributed by atoms with E-state index in [1.165, 1.54) is 12.1 Å². The van der Waals surface area contributed by atoms with E-state index in [1.54, 1.807) is 18.2 Å². The van der Waals surface area contributed by atoms with Gasteiger partial charge in [0.05, 0.1) is 10.4 Å². The van der Waals surface area contributed by atoms with Crippen molar-refractivity contribution >= 4 is 16.9 Å². The van der Waals surface area contributed by atoms with Crippen LogP contribution in [-0.2, 0) is 0 Å². The molecule has 0 amide bonds. The van der Waals surface area contributed by atoms with Crippen LogP contribution in [0.15, 0.2) is 35.1 Å². The van der Waals surface area contributed by atoms with Gasteiger partial charge in [-0.25, -0.2) is 9.78 Å². The minimum atomic E-state index is -0.443. The molecule has 3 rings (SSSR count). The molecule has 0 saturated heterocycles. The van der Waals surface area contributed by atoms with Crippen LogP contribution >= 0.6 is 0 Å². The van der Waals surface area contributed by atoms with Crippen LogP contribution in [0.25, 0.3) is 22.3 Å². The number of nitro groups is 1. The quantitative estimate of drug-likeness (QED) is 0.549. The van der Waals surface area contributed by atoms with Gasteiger partial charge in [0.25, 0.3) is 5.69 Å². The zero-order valence-electron chi connectivity index (χ0n) is 10.5. The number of nitrogens with zero attached hydrogens (tertiary/aromatic N) is 2. The molecule has 0 aliphatic heterocycles. The number of imidazole rings is 1. The molecule has 0 fully saturated rings. The molecule has 2 N–H and O–H groups in total. The van der Waals surface area contributed by atoms with E-state index < -0.39 is 4.92 Å². The molecule has 0 aliphatic rings. The van der Waals surface area contributed by atoms with Crippen LogP contribution in [0.3, 0.4) is 0 Å². The van der Waals surface area contributed by atoms with Gasteiger partial charge in [0.1, 0.15) is 0 Å². The number of benzene rings is 1. The summed E-state index contributed by atoms with van der Waals surface area (Å²) in [6.07, 6.45) is 0. The number of hydrogen-bond donors (Lipinski definition) is 2. The summed E-state index contributed by atoms with van der Waals surface area (Å²) in [4.78, 5) is 31.0. The predicted octanol–water partition coefficient (Wildman–Crippen LogP) is 2.13. The number of aromatic amines is 2. The van der Waals surface area contributed by atoms with Gasteiger partial charge < -0.3 is 4.98 Å². The van der Waals surface area contributed by atoms with Crippen molar-refractivity contribution in [3.05, 3.63) is 56.6 Å². The van der Waals surface area contributed by atoms with Gasteiger partial charge in [-0.3, -0.25) is 15.1 Å². The van der Waals surface area contributed by atoms with E-state index in [2.05, 4.69) is 15.0 Å². The Morgan fingerprint density at radius 2 is 1.90 bits per heavy atom. The van der Waals surface area contributed by atoms with E-state index in [-0.39, 0.29) is 11.4 Å². The number of hydrogen-bond acceptors (Lipinski definition) is 4. The Morgan fingerprint density at radius 1 is 1.20 bits per heavy atom. The minimum absolute atomic E-state index is 0.0375. The summed E-state index contributed by atoms with van der Waals surface area (Å²) >= 11 is 0. The molecule has 7 heteroatoms. The van der Waals surface area contributed by atoms with Gasteiger partial charge in [-0.1, -0.05) is 0 Å². The number of aryl methyl sites for hydroxylation is 1. The third-order valence-corrected chi connectivity index (χ3v) is 3.08. The minimum Gasteiger partial charge on any atom is -0.304 e. The monoisotopic (exact) mass is 270 g/mol. The van der Waals surface area contributed by atoms with Crippen molar-refractivity contribution in [1.82, 2.24) is 15.0 Å². The fraction of sp³-hybridized carbons (Fsp3) is 0.0769. The van der Waals surface area contributed by atoms with Crippen LogP contribution in [0.1, 0.15) is 5.69 Å². The summed E-state index contributed by atoms with van der Waals surface area (Å²) in [5, 5.41) is 10.6. The third-order valence-electron chi connectivity index (χ3n) is 3.08. The Labute approximate surface area is 112 Å². The molecule has 0 bridgehead atoms. The first kappa shape index (κ1) is 12.1. The van der Waals surface area contributed by atoms with Gasteiger partial charge in [0, 0.05) is 23.4 Å². The topological polar surface area (TPSA) is 105 Å². The summed E-state index contributed by atoms with van der Waals surface area (Å²) in [6.45, 7) is 1.82. The maximum atomic E-state index is 11.2. The Hall–Kier alpha value is -2.96. The maximum absolute atomic E-state index is 11.2. The standard InChI is InChI=1S/C13H10N4O3/c1-7-10(6-11-12(14-7)16-13(18)15-11)8-2-4-9(5-3-8)17(19)20/h2-6H,1H3,(H2,14,15,16,18). The van der Waals surface area contributed by atoms with Gasteiger partial charge >= 0.3 is 5.69 Å². The van der Waals surface area contributed by atoms with Crippen LogP contribution in [0.2, 0.25) is 0 Å². The maximum Gasteiger partial charge on any atom is 0.325 e. The molecule has 0 atom stereocenters. The predicted molar refractivity (Wildman–Crippen MR) is 73.5 cm³/mol. The molecule has 0 spiro atoms. The van der Waals surface area contributed by atoms with Crippen LogP contribution in [0.5, 0.6) is 0 Å². The Morgan fingerprint density at radius 3 is 2.55 bits per heavy atom. The lowest BCUT2D eigenvalue weighted by atomic mass is 10.0. The summed E-state index contributed by atoms with van der Waals surface area (Å²) in [6, 6.07) is 8.02. The Balaban J connectivity index is 2.15. The zero-order valence-corrected chi connectivity index (χ0v) is 10.5. The number of nitro benzene ring substituents is 1. The molecule has 0 radical (unpaired) electrons. The second-order valence-electron chi connectivity index (χ2n) is 4.40. The number of fused-ring (bicyclic) bond motifs is 1. The summed E-state index contributed by atoms with van der Waals surface area (Å²) < 4.78 is 0. The lowest BCUT2D eigenvalue weighted by Crippen LogP contribution is -1.99. The number of H-pyrrole nitrogens is 2. The van der Waals surface area contributed by atoms with E-state index in [0.717, 1.165) is 16.8 Å². The Bertz CT molecular complexity index is 861. The zero-order chi connectivity index (χ0) is 14.3. The van der Waals surface area contributed by atoms with Crippen molar-refractivity contribution in [3.8, 4) is 11.1 Å². The van der Waals surface area contributed by atoms with Crippen LogP contribution in [0.4, 0.5) is 5.69 Å². The molecule has 0 saturated carbocycles. The van der Waals surface area contributed by atoms with Crippen molar-refractivity contribution in [2.75, 3.05) is 0 Å². The molecule has 3 aromatic rings. The number of nitrogens with one attached hydrogen (secondary N) is 2. The van der Waals surface area contributed by atoms with Crippen LogP contribution in [0, 0.1) is 17.0 Å². The fourth-order valence-corrected chi connectivity index (χ4v) is 2.11. The SMILES string of the molecule is Cc1nc2[nH]c(=O)[nH]c2cc1-c1ccc([N+](=O)[O-])cc1. The first-order valence-electron chi connectivity index (χ1n) is 5.89. The highest BCUT2D eigenvalue weighted by Gasteiger charge is 2.10. The van der Waals surface area contributed by atoms with Gasteiger partial charge in [-0.15, -0.1) is 0 Å². The molecule has 0 aliphatic carbocycles. The van der Waals surface area contributed by atoms with E-state index >= 15 is 0 Å². The van der Waals surface area contributed by atoms with Crippen molar-refractivity contribution in [2.45, 2.75) is 6.92 Å². The van der Waals surface area contributed by atoms with Crippen molar-refractivity contribution in [2.24, 2.45) is 0 Å². The van der Waals surface area contributed by atoms with E-state index in [4.69, 9.17) is 0 Å². The summed E-state index contributed by atoms with van der Waals surface area (Å²) in [5.41, 5.74) is 3.20. The van der Waals surface area contributed by atoms with Crippen molar-refractivity contribution in [3.63, 3.8) is 0 Å². The third kappa shape index (κ3) is 1.95. The van der Waals surface area contributed by atoms with E-state index in [1.807, 2.05) is 6.92 Å². The fourth-order valence-electron chi connectivity index (χ4n) is 2.11. The number of non-ortho nitro benzene ring substituents is 1. The second kappa shape index (κ2) is 4.30. The molecule has 1 aromatic carbocycles. The Kier molecular flexibility index (Phi) is 2.60. The molecular weight excluding hydrogens is 260 g/mol. The second-order valence-corrected chi connectivity index (χ2v) is 4.40. The first-order chi connectivity index (χ1) is 9.54. The van der Waals surface area contributed by atoms with Gasteiger partial charge in [-0.2, -0.15) is 0 Å². The average molecular weight is 270 g/mol. The van der Waals surface area contributed by atoms with Crippen molar-refractivity contribution in [1.29, 1.82) is 0 Å². The highest BCUT2D eigenvalue weighted by atomic mass is 16.6. The van der Waals surface area contributed by atoms with E-state index in [0.29, 0.717) is 11.2 Å². The molecule has 0 unspecified atom stereocenters. The molecule has 100 valence electrons. The molecule has 2 heterocycles. The van der Waals surface area contributed by atoms with Crippen LogP contribution in [-0.4, -0.2) is 19.9 Å². The van der Waals surface area contributed by atoms with Gasteiger partial charge in [0.2, 0.25) is 0 Å². The van der Waals surface area contributed by atoms with Crippen LogP contribution < -0.4 is 5.69 Å².